The lowest BCUT2D eigenvalue weighted by Gasteiger charge is -2.22. The van der Waals surface area contributed by atoms with E-state index in [0.717, 1.165) is 0 Å². The van der Waals surface area contributed by atoms with E-state index in [1.54, 1.807) is 18.2 Å². The molecular weight excluding hydrogens is 289 g/mol. The molecule has 0 amide bonds. The van der Waals surface area contributed by atoms with E-state index < -0.39 is 13.0 Å². The van der Waals surface area contributed by atoms with Crippen LogP contribution in [0.15, 0.2) is 18.2 Å². The van der Waals surface area contributed by atoms with Crippen LogP contribution in [-0.2, 0) is 4.57 Å². The Bertz CT molecular complexity index is 504. The summed E-state index contributed by atoms with van der Waals surface area (Å²) in [5.74, 6) is 0.616. The third-order valence-corrected chi connectivity index (χ3v) is 6.01. The van der Waals surface area contributed by atoms with E-state index in [2.05, 4.69) is 0 Å². The Hall–Kier alpha value is -1.45. The molecule has 0 saturated heterocycles. The molecule has 0 heterocycles. The first-order chi connectivity index (χ1) is 10.0. The number of carbonyl (C=O) groups is 1. The fourth-order valence-corrected chi connectivity index (χ4v) is 3.91. The van der Waals surface area contributed by atoms with Crippen LogP contribution in [0.4, 0.5) is 0 Å². The fraction of sp³-hybridized carbons (Fsp3) is 0.533. The largest absolute Gasteiger partial charge is 0.496 e. The maximum absolute atomic E-state index is 13.1. The van der Waals surface area contributed by atoms with E-state index in [1.807, 2.05) is 13.8 Å². The summed E-state index contributed by atoms with van der Waals surface area (Å²) in [5, 5.41) is -0.980. The number of Topliss-reactive ketones (excluding diaryl/α,β-unsaturated/α-hetero) is 1. The number of carbonyl (C=O) groups excluding carboxylic acids is 1. The summed E-state index contributed by atoms with van der Waals surface area (Å²) in [6.07, 6.45) is 0.895. The highest BCUT2D eigenvalue weighted by Crippen LogP contribution is 2.47. The highest BCUT2D eigenvalue weighted by Gasteiger charge is 2.53. The zero-order chi connectivity index (χ0) is 16.0. The van der Waals surface area contributed by atoms with Gasteiger partial charge in [0.15, 0.2) is 6.29 Å². The van der Waals surface area contributed by atoms with Crippen molar-refractivity contribution in [1.82, 2.24) is 0 Å². The maximum atomic E-state index is 13.1. The molecule has 1 rings (SSSR count). The van der Waals surface area contributed by atoms with Gasteiger partial charge in [-0.2, -0.15) is 0 Å². The number of rotatable bonds is 8. The van der Waals surface area contributed by atoms with Gasteiger partial charge in [-0.1, -0.05) is 24.5 Å². The Morgan fingerprint density at radius 2 is 1.67 bits per heavy atom. The lowest BCUT2D eigenvalue weighted by Crippen LogP contribution is -2.35. The van der Waals surface area contributed by atoms with Crippen molar-refractivity contribution in [2.24, 2.45) is 5.73 Å². The van der Waals surface area contributed by atoms with Gasteiger partial charge in [0.1, 0.15) is 17.1 Å². The molecule has 0 aromatic heterocycles. The van der Waals surface area contributed by atoms with Gasteiger partial charge in [-0.15, -0.1) is 0 Å². The molecule has 1 aromatic carbocycles. The molecule has 2 N–H and O–H groups in total. The van der Waals surface area contributed by atoms with Crippen molar-refractivity contribution >= 4 is 13.6 Å². The summed E-state index contributed by atoms with van der Waals surface area (Å²) in [7, 11) is 1.13. The second-order valence-corrected chi connectivity index (χ2v) is 6.64. The lowest BCUT2D eigenvalue weighted by molar-refractivity contribution is 0.0926. The number of hydrogen-bond donors (Lipinski definition) is 1. The zero-order valence-electron chi connectivity index (χ0n) is 13.0. The van der Waals surface area contributed by atoms with Gasteiger partial charge in [-0.3, -0.25) is 10.5 Å². The molecule has 0 aliphatic heterocycles. The molecule has 0 saturated carbocycles. The van der Waals surface area contributed by atoms with E-state index >= 15 is 0 Å². The second-order valence-electron chi connectivity index (χ2n) is 4.67. The van der Waals surface area contributed by atoms with Crippen molar-refractivity contribution in [1.29, 1.82) is 0 Å². The van der Waals surface area contributed by atoms with E-state index in [0.29, 0.717) is 29.9 Å². The van der Waals surface area contributed by atoms with Crippen LogP contribution >= 0.6 is 7.80 Å². The Morgan fingerprint density at radius 1 is 1.19 bits per heavy atom. The van der Waals surface area contributed by atoms with Gasteiger partial charge in [0.2, 0.25) is 10.9 Å². The topological polar surface area (TPSA) is 78.6 Å². The first kappa shape index (κ1) is 17.6. The standard InChI is InChI=1S/C15H23NO4P/c1-5-15(6-2,21(18)10-16)14(17)13-11(19-3)8-7-9-12(13)20-4/h7-9H,5-6,10,16H2,1-4H3/q+1. The fourth-order valence-electron chi connectivity index (χ4n) is 2.52. The van der Waals surface area contributed by atoms with Crippen LogP contribution in [0.1, 0.15) is 37.0 Å². The average Bonchev–Trinajstić information content (AvgIpc) is 2.54. The summed E-state index contributed by atoms with van der Waals surface area (Å²) in [4.78, 5) is 13.1. The lowest BCUT2D eigenvalue weighted by atomic mass is 9.90. The van der Waals surface area contributed by atoms with Crippen molar-refractivity contribution in [3.8, 4) is 11.5 Å². The minimum absolute atomic E-state index is 0.0137. The Balaban J connectivity index is 3.50. The predicted octanol–water partition coefficient (Wildman–Crippen LogP) is 3.19. The van der Waals surface area contributed by atoms with Crippen LogP contribution in [0.3, 0.4) is 0 Å². The SMILES string of the molecule is CCC(CC)(C(=O)c1c(OC)cccc1OC)[P+](=O)CN. The van der Waals surface area contributed by atoms with Crippen LogP contribution in [0.2, 0.25) is 0 Å². The normalized spacial score (nSPS) is 12.0. The molecule has 6 heteroatoms. The highest BCUT2D eigenvalue weighted by molar-refractivity contribution is 7.48. The molecule has 0 fully saturated rings. The molecule has 116 valence electrons. The molecular formula is C15H23NO4P+. The van der Waals surface area contributed by atoms with Gasteiger partial charge in [0.05, 0.1) is 14.2 Å². The molecule has 0 aliphatic carbocycles. The van der Waals surface area contributed by atoms with Gasteiger partial charge in [-0.05, 0) is 12.1 Å². The van der Waals surface area contributed by atoms with Crippen molar-refractivity contribution in [3.63, 3.8) is 0 Å². The van der Waals surface area contributed by atoms with Crippen LogP contribution in [0.5, 0.6) is 11.5 Å². The molecule has 1 atom stereocenters. The molecule has 21 heavy (non-hydrogen) atoms. The Labute approximate surface area is 126 Å². The zero-order valence-corrected chi connectivity index (χ0v) is 13.9. The summed E-state index contributed by atoms with van der Waals surface area (Å²) in [6, 6.07) is 5.14. The van der Waals surface area contributed by atoms with Crippen LogP contribution in [0.25, 0.3) is 0 Å². The average molecular weight is 312 g/mol. The molecule has 0 spiro atoms. The Kier molecular flexibility index (Phi) is 6.31. The highest BCUT2D eigenvalue weighted by atomic mass is 31.1. The van der Waals surface area contributed by atoms with E-state index in [-0.39, 0.29) is 12.1 Å². The number of benzene rings is 1. The van der Waals surface area contributed by atoms with Gasteiger partial charge in [-0.25, -0.2) is 0 Å². The van der Waals surface area contributed by atoms with Crippen LogP contribution < -0.4 is 15.2 Å². The third kappa shape index (κ3) is 3.09. The van der Waals surface area contributed by atoms with Gasteiger partial charge >= 0.3 is 7.80 Å². The quantitative estimate of drug-likeness (QED) is 0.589. The second kappa shape index (κ2) is 7.53. The van der Waals surface area contributed by atoms with Gasteiger partial charge in [0, 0.05) is 12.8 Å². The van der Waals surface area contributed by atoms with Crippen molar-refractivity contribution in [2.45, 2.75) is 31.8 Å². The van der Waals surface area contributed by atoms with Gasteiger partial charge < -0.3 is 9.47 Å². The van der Waals surface area contributed by atoms with Crippen molar-refractivity contribution in [3.05, 3.63) is 23.8 Å². The number of hydrogen-bond acceptors (Lipinski definition) is 5. The molecule has 1 unspecified atom stereocenters. The van der Waals surface area contributed by atoms with Crippen LogP contribution in [-0.4, -0.2) is 31.4 Å². The number of ether oxygens (including phenoxy) is 2. The summed E-state index contributed by atoms with van der Waals surface area (Å²) in [5.41, 5.74) is 5.90. The molecule has 0 bridgehead atoms. The number of ketones is 1. The summed E-state index contributed by atoms with van der Waals surface area (Å²) < 4.78 is 23.0. The first-order valence-corrected chi connectivity index (χ1v) is 8.37. The molecule has 0 aliphatic rings. The van der Waals surface area contributed by atoms with Crippen molar-refractivity contribution < 1.29 is 18.8 Å². The summed E-state index contributed by atoms with van der Waals surface area (Å²) in [6.45, 7) is 3.71. The molecule has 5 nitrogen and oxygen atoms in total. The maximum Gasteiger partial charge on any atom is 0.368 e. The predicted molar refractivity (Wildman–Crippen MR) is 83.9 cm³/mol. The number of methoxy groups -OCH3 is 2. The minimum atomic E-state index is -1.86. The molecule has 0 radical (unpaired) electrons. The first-order valence-electron chi connectivity index (χ1n) is 6.92. The van der Waals surface area contributed by atoms with Gasteiger partial charge in [0.25, 0.3) is 0 Å². The number of nitrogens with two attached hydrogens (primary N) is 1. The third-order valence-electron chi connectivity index (χ3n) is 3.89. The van der Waals surface area contributed by atoms with E-state index in [9.17, 15) is 9.36 Å². The van der Waals surface area contributed by atoms with E-state index in [4.69, 9.17) is 15.2 Å². The minimum Gasteiger partial charge on any atom is -0.496 e. The van der Waals surface area contributed by atoms with Crippen molar-refractivity contribution in [2.75, 3.05) is 20.5 Å². The van der Waals surface area contributed by atoms with Crippen LogP contribution in [0, 0.1) is 0 Å². The Morgan fingerprint density at radius 3 is 2.00 bits per heavy atom. The monoisotopic (exact) mass is 312 g/mol. The smallest absolute Gasteiger partial charge is 0.368 e. The van der Waals surface area contributed by atoms with E-state index in [1.165, 1.54) is 14.2 Å². The molecule has 1 aromatic rings. The summed E-state index contributed by atoms with van der Waals surface area (Å²) >= 11 is 0.